The third kappa shape index (κ3) is 3.36. The van der Waals surface area contributed by atoms with E-state index in [0.29, 0.717) is 19.6 Å². The molecule has 1 N–H and O–H groups in total. The molecule has 0 aliphatic rings. The molecule has 2 aromatic heterocycles. The lowest BCUT2D eigenvalue weighted by molar-refractivity contribution is -0.141. The monoisotopic (exact) mass is 259 g/mol. The van der Waals surface area contributed by atoms with Crippen molar-refractivity contribution < 1.29 is 17.6 Å². The quantitative estimate of drug-likeness (QED) is 0.838. The van der Waals surface area contributed by atoms with Gasteiger partial charge in [-0.2, -0.15) is 18.3 Å². The van der Waals surface area contributed by atoms with Gasteiger partial charge in [0.1, 0.15) is 0 Å². The number of aromatic nitrogens is 2. The summed E-state index contributed by atoms with van der Waals surface area (Å²) in [4.78, 5) is 0. The van der Waals surface area contributed by atoms with Crippen LogP contribution in [0.3, 0.4) is 0 Å². The standard InChI is InChI=1S/C11H12F3N3O/c12-11(13,14)10-1-4-17(16-10)5-3-15-7-9-2-6-18-8-9/h1-2,4,6,8,15H,3,5,7H2. The zero-order chi connectivity index (χ0) is 13.0. The van der Waals surface area contributed by atoms with E-state index < -0.39 is 11.9 Å². The Morgan fingerprint density at radius 1 is 1.33 bits per heavy atom. The second-order valence-corrected chi connectivity index (χ2v) is 3.77. The van der Waals surface area contributed by atoms with E-state index in [9.17, 15) is 13.2 Å². The maximum absolute atomic E-state index is 12.3. The molecule has 0 aromatic carbocycles. The van der Waals surface area contributed by atoms with Gasteiger partial charge in [0.15, 0.2) is 5.69 Å². The third-order valence-corrected chi connectivity index (χ3v) is 2.36. The van der Waals surface area contributed by atoms with Crippen molar-refractivity contribution in [2.24, 2.45) is 0 Å². The molecule has 18 heavy (non-hydrogen) atoms. The highest BCUT2D eigenvalue weighted by molar-refractivity contribution is 5.04. The van der Waals surface area contributed by atoms with Gasteiger partial charge < -0.3 is 9.73 Å². The molecule has 0 bridgehead atoms. The predicted molar refractivity (Wildman–Crippen MR) is 57.6 cm³/mol. The number of rotatable bonds is 5. The highest BCUT2D eigenvalue weighted by atomic mass is 19.4. The van der Waals surface area contributed by atoms with E-state index in [0.717, 1.165) is 11.6 Å². The van der Waals surface area contributed by atoms with Crippen LogP contribution in [0.1, 0.15) is 11.3 Å². The number of hydrogen-bond donors (Lipinski definition) is 1. The van der Waals surface area contributed by atoms with Gasteiger partial charge in [0, 0.05) is 24.8 Å². The molecular formula is C11H12F3N3O. The van der Waals surface area contributed by atoms with Gasteiger partial charge in [0.2, 0.25) is 0 Å². The highest BCUT2D eigenvalue weighted by Crippen LogP contribution is 2.27. The fraction of sp³-hybridized carbons (Fsp3) is 0.364. The lowest BCUT2D eigenvalue weighted by Crippen LogP contribution is -2.20. The molecule has 0 saturated carbocycles. The number of halogens is 3. The lowest BCUT2D eigenvalue weighted by Gasteiger charge is -2.04. The van der Waals surface area contributed by atoms with E-state index >= 15 is 0 Å². The summed E-state index contributed by atoms with van der Waals surface area (Å²) >= 11 is 0. The summed E-state index contributed by atoms with van der Waals surface area (Å²) in [6, 6.07) is 2.79. The SMILES string of the molecule is FC(F)(F)c1ccn(CCNCc2ccoc2)n1. The largest absolute Gasteiger partial charge is 0.472 e. The van der Waals surface area contributed by atoms with E-state index in [2.05, 4.69) is 10.4 Å². The van der Waals surface area contributed by atoms with Crippen LogP contribution in [0.25, 0.3) is 0 Å². The summed E-state index contributed by atoms with van der Waals surface area (Å²) in [7, 11) is 0. The van der Waals surface area contributed by atoms with Crippen molar-refractivity contribution in [3.8, 4) is 0 Å². The topological polar surface area (TPSA) is 43.0 Å². The van der Waals surface area contributed by atoms with Crippen LogP contribution in [-0.2, 0) is 19.3 Å². The Morgan fingerprint density at radius 2 is 2.17 bits per heavy atom. The van der Waals surface area contributed by atoms with Crippen LogP contribution in [0.5, 0.6) is 0 Å². The maximum Gasteiger partial charge on any atom is 0.435 e. The van der Waals surface area contributed by atoms with Gasteiger partial charge in [-0.3, -0.25) is 4.68 Å². The van der Waals surface area contributed by atoms with Crippen LogP contribution < -0.4 is 5.32 Å². The first-order chi connectivity index (χ1) is 8.55. The zero-order valence-electron chi connectivity index (χ0n) is 9.44. The summed E-state index contributed by atoms with van der Waals surface area (Å²) in [5.74, 6) is 0. The molecule has 0 spiro atoms. The molecule has 0 radical (unpaired) electrons. The summed E-state index contributed by atoms with van der Waals surface area (Å²) in [5.41, 5.74) is 0.129. The molecule has 2 heterocycles. The summed E-state index contributed by atoms with van der Waals surface area (Å²) in [6.07, 6.45) is 0.126. The Morgan fingerprint density at radius 3 is 2.78 bits per heavy atom. The van der Waals surface area contributed by atoms with Crippen molar-refractivity contribution in [1.82, 2.24) is 15.1 Å². The smallest absolute Gasteiger partial charge is 0.435 e. The van der Waals surface area contributed by atoms with Crippen molar-refractivity contribution in [3.63, 3.8) is 0 Å². The van der Waals surface area contributed by atoms with Gasteiger partial charge in [-0.15, -0.1) is 0 Å². The van der Waals surface area contributed by atoms with Gasteiger partial charge >= 0.3 is 6.18 Å². The zero-order valence-corrected chi connectivity index (χ0v) is 9.44. The average molecular weight is 259 g/mol. The Bertz CT molecular complexity index is 476. The summed E-state index contributed by atoms with van der Waals surface area (Å²) in [5, 5.41) is 6.53. The first-order valence-corrected chi connectivity index (χ1v) is 5.38. The molecule has 0 aliphatic heterocycles. The average Bonchev–Trinajstić information content (AvgIpc) is 2.95. The second-order valence-electron chi connectivity index (χ2n) is 3.77. The van der Waals surface area contributed by atoms with Gasteiger partial charge in [-0.05, 0) is 12.1 Å². The van der Waals surface area contributed by atoms with Crippen molar-refractivity contribution >= 4 is 0 Å². The molecule has 2 rings (SSSR count). The predicted octanol–water partition coefficient (Wildman–Crippen LogP) is 2.28. The number of alkyl halides is 3. The summed E-state index contributed by atoms with van der Waals surface area (Å²) in [6.45, 7) is 1.53. The Hall–Kier alpha value is -1.76. The van der Waals surface area contributed by atoms with Crippen molar-refractivity contribution in [3.05, 3.63) is 42.1 Å². The van der Waals surface area contributed by atoms with Crippen LogP contribution in [-0.4, -0.2) is 16.3 Å². The minimum atomic E-state index is -4.38. The van der Waals surface area contributed by atoms with Crippen molar-refractivity contribution in [2.75, 3.05) is 6.54 Å². The molecular weight excluding hydrogens is 247 g/mol. The van der Waals surface area contributed by atoms with E-state index in [1.807, 2.05) is 6.07 Å². The van der Waals surface area contributed by atoms with E-state index in [1.54, 1.807) is 12.5 Å². The normalized spacial score (nSPS) is 11.9. The van der Waals surface area contributed by atoms with Gasteiger partial charge in [-0.1, -0.05) is 0 Å². The van der Waals surface area contributed by atoms with Crippen LogP contribution >= 0.6 is 0 Å². The minimum absolute atomic E-state index is 0.383. The fourth-order valence-electron chi connectivity index (χ4n) is 1.46. The van der Waals surface area contributed by atoms with Gasteiger partial charge in [0.05, 0.1) is 19.1 Å². The van der Waals surface area contributed by atoms with Crippen molar-refractivity contribution in [2.45, 2.75) is 19.3 Å². The molecule has 4 nitrogen and oxygen atoms in total. The van der Waals surface area contributed by atoms with E-state index in [-0.39, 0.29) is 0 Å². The number of furan rings is 1. The molecule has 0 fully saturated rings. The molecule has 0 atom stereocenters. The minimum Gasteiger partial charge on any atom is -0.472 e. The Balaban J connectivity index is 1.75. The number of nitrogens with zero attached hydrogens (tertiary/aromatic N) is 2. The third-order valence-electron chi connectivity index (χ3n) is 2.36. The second kappa shape index (κ2) is 5.26. The lowest BCUT2D eigenvalue weighted by atomic mass is 10.3. The highest BCUT2D eigenvalue weighted by Gasteiger charge is 2.33. The summed E-state index contributed by atoms with van der Waals surface area (Å²) < 4.78 is 43.0. The van der Waals surface area contributed by atoms with E-state index in [4.69, 9.17) is 4.42 Å². The van der Waals surface area contributed by atoms with Gasteiger partial charge in [0.25, 0.3) is 0 Å². The number of hydrogen-bond acceptors (Lipinski definition) is 3. The first kappa shape index (κ1) is 12.7. The molecule has 0 unspecified atom stereocenters. The first-order valence-electron chi connectivity index (χ1n) is 5.38. The van der Waals surface area contributed by atoms with Crippen LogP contribution in [0.15, 0.2) is 35.3 Å². The molecule has 0 amide bonds. The fourth-order valence-corrected chi connectivity index (χ4v) is 1.46. The molecule has 98 valence electrons. The molecule has 0 saturated heterocycles. The molecule has 0 aliphatic carbocycles. The van der Waals surface area contributed by atoms with E-state index in [1.165, 1.54) is 10.9 Å². The van der Waals surface area contributed by atoms with Crippen LogP contribution in [0, 0.1) is 0 Å². The number of nitrogens with one attached hydrogen (secondary N) is 1. The Labute approximate surface area is 101 Å². The van der Waals surface area contributed by atoms with Crippen molar-refractivity contribution in [1.29, 1.82) is 0 Å². The van der Waals surface area contributed by atoms with Crippen LogP contribution in [0.2, 0.25) is 0 Å². The van der Waals surface area contributed by atoms with Gasteiger partial charge in [-0.25, -0.2) is 0 Å². The molecule has 2 aromatic rings. The Kier molecular flexibility index (Phi) is 3.71. The van der Waals surface area contributed by atoms with Crippen LogP contribution in [0.4, 0.5) is 13.2 Å². The molecule has 7 heteroatoms. The maximum atomic E-state index is 12.3.